The van der Waals surface area contributed by atoms with Gasteiger partial charge in [-0.15, -0.1) is 11.3 Å². The van der Waals surface area contributed by atoms with Crippen LogP contribution in [0.25, 0.3) is 86.8 Å². The highest BCUT2D eigenvalue weighted by molar-refractivity contribution is 7.26. The second-order valence-electron chi connectivity index (χ2n) is 11.4. The fourth-order valence-electron chi connectivity index (χ4n) is 7.04. The third-order valence-electron chi connectivity index (χ3n) is 8.94. The van der Waals surface area contributed by atoms with Gasteiger partial charge in [0.15, 0.2) is 0 Å². The Labute approximate surface area is 262 Å². The Balaban J connectivity index is 1.39. The molecule has 0 fully saturated rings. The average molecular weight is 593 g/mol. The minimum absolute atomic E-state index is 0.679. The van der Waals surface area contributed by atoms with Crippen LogP contribution in [0.1, 0.15) is 0 Å². The van der Waals surface area contributed by atoms with Crippen molar-refractivity contribution in [3.05, 3.63) is 146 Å². The highest BCUT2D eigenvalue weighted by Gasteiger charge is 2.23. The van der Waals surface area contributed by atoms with E-state index in [1.165, 1.54) is 37.3 Å². The molecular formula is C40H24N4S. The zero-order chi connectivity index (χ0) is 29.5. The Bertz CT molecular complexity index is 2750. The predicted molar refractivity (Wildman–Crippen MR) is 189 cm³/mol. The highest BCUT2D eigenvalue weighted by atomic mass is 32.1. The maximum Gasteiger partial charge on any atom is 0.235 e. The van der Waals surface area contributed by atoms with Crippen LogP contribution < -0.4 is 0 Å². The topological polar surface area (TPSA) is 35.6 Å². The minimum atomic E-state index is 0.679. The van der Waals surface area contributed by atoms with E-state index in [1.54, 1.807) is 11.3 Å². The van der Waals surface area contributed by atoms with Gasteiger partial charge < -0.3 is 4.57 Å². The van der Waals surface area contributed by atoms with E-state index in [9.17, 15) is 0 Å². The van der Waals surface area contributed by atoms with Crippen molar-refractivity contribution < 1.29 is 0 Å². The molecule has 0 atom stereocenters. The molecule has 210 valence electrons. The van der Waals surface area contributed by atoms with Gasteiger partial charge in [0.1, 0.15) is 0 Å². The van der Waals surface area contributed by atoms with Gasteiger partial charge in [-0.2, -0.15) is 0 Å². The maximum absolute atomic E-state index is 5.37. The molecule has 4 aromatic heterocycles. The lowest BCUT2D eigenvalue weighted by Crippen LogP contribution is -2.02. The first-order valence-electron chi connectivity index (χ1n) is 15.1. The van der Waals surface area contributed by atoms with Crippen molar-refractivity contribution in [2.45, 2.75) is 0 Å². The van der Waals surface area contributed by atoms with Crippen LogP contribution in [0.5, 0.6) is 0 Å². The SMILES string of the molecule is c1ccc(-c2nc(-n3c4ccccc4c4c3ccc3c5ccccc5n(-c5ccccc5)c34)nc3c2sc2ccccc23)cc1. The summed E-state index contributed by atoms with van der Waals surface area (Å²) in [5.41, 5.74) is 8.74. The molecule has 0 aliphatic rings. The molecular weight excluding hydrogens is 569 g/mol. The van der Waals surface area contributed by atoms with E-state index in [0.29, 0.717) is 5.95 Å². The van der Waals surface area contributed by atoms with Crippen LogP contribution >= 0.6 is 11.3 Å². The summed E-state index contributed by atoms with van der Waals surface area (Å²) < 4.78 is 7.00. The molecule has 0 spiro atoms. The number of para-hydroxylation sites is 3. The zero-order valence-electron chi connectivity index (χ0n) is 24.1. The van der Waals surface area contributed by atoms with Crippen LogP contribution in [0.2, 0.25) is 0 Å². The quantitative estimate of drug-likeness (QED) is 0.205. The number of thiophene rings is 1. The van der Waals surface area contributed by atoms with E-state index >= 15 is 0 Å². The maximum atomic E-state index is 5.37. The second kappa shape index (κ2) is 9.36. The third kappa shape index (κ3) is 3.47. The summed E-state index contributed by atoms with van der Waals surface area (Å²) in [4.78, 5) is 10.7. The van der Waals surface area contributed by atoms with Gasteiger partial charge in [0.25, 0.3) is 0 Å². The van der Waals surface area contributed by atoms with Crippen molar-refractivity contribution in [2.75, 3.05) is 0 Å². The Hall–Kier alpha value is -5.78. The van der Waals surface area contributed by atoms with Crippen LogP contribution in [0.15, 0.2) is 146 Å². The van der Waals surface area contributed by atoms with E-state index in [2.05, 4.69) is 155 Å². The van der Waals surface area contributed by atoms with Crippen LogP contribution in [0.4, 0.5) is 0 Å². The lowest BCUT2D eigenvalue weighted by Gasteiger charge is -2.11. The molecule has 10 aromatic rings. The first kappa shape index (κ1) is 24.6. The van der Waals surface area contributed by atoms with Gasteiger partial charge in [-0.3, -0.25) is 4.57 Å². The summed E-state index contributed by atoms with van der Waals surface area (Å²) in [7, 11) is 0. The van der Waals surface area contributed by atoms with Gasteiger partial charge in [-0.1, -0.05) is 109 Å². The van der Waals surface area contributed by atoms with Crippen molar-refractivity contribution in [1.29, 1.82) is 0 Å². The Morgan fingerprint density at radius 3 is 1.91 bits per heavy atom. The molecule has 0 N–H and O–H groups in total. The number of hydrogen-bond acceptors (Lipinski definition) is 3. The first-order chi connectivity index (χ1) is 22.3. The Morgan fingerprint density at radius 1 is 0.467 bits per heavy atom. The van der Waals surface area contributed by atoms with Crippen LogP contribution in [-0.4, -0.2) is 19.1 Å². The second-order valence-corrected chi connectivity index (χ2v) is 12.5. The predicted octanol–water partition coefficient (Wildman–Crippen LogP) is 10.7. The molecule has 0 aliphatic heterocycles. The van der Waals surface area contributed by atoms with Gasteiger partial charge >= 0.3 is 0 Å². The Morgan fingerprint density at radius 2 is 1.11 bits per heavy atom. The van der Waals surface area contributed by atoms with E-state index in [-0.39, 0.29) is 0 Å². The largest absolute Gasteiger partial charge is 0.309 e. The van der Waals surface area contributed by atoms with Gasteiger partial charge in [0, 0.05) is 42.9 Å². The van der Waals surface area contributed by atoms with E-state index < -0.39 is 0 Å². The van der Waals surface area contributed by atoms with E-state index in [4.69, 9.17) is 9.97 Å². The summed E-state index contributed by atoms with van der Waals surface area (Å²) in [5, 5.41) is 6.01. The number of fused-ring (bicyclic) bond motifs is 10. The van der Waals surface area contributed by atoms with Crippen molar-refractivity contribution in [1.82, 2.24) is 19.1 Å². The van der Waals surface area contributed by atoms with Crippen LogP contribution in [-0.2, 0) is 0 Å². The summed E-state index contributed by atoms with van der Waals surface area (Å²) in [6.45, 7) is 0. The molecule has 4 nitrogen and oxygen atoms in total. The highest BCUT2D eigenvalue weighted by Crippen LogP contribution is 2.43. The molecule has 4 heterocycles. The molecule has 0 aliphatic carbocycles. The fraction of sp³-hybridized carbons (Fsp3) is 0. The van der Waals surface area contributed by atoms with Crippen molar-refractivity contribution in [3.63, 3.8) is 0 Å². The molecule has 6 aromatic carbocycles. The number of nitrogens with zero attached hydrogens (tertiary/aromatic N) is 4. The summed E-state index contributed by atoms with van der Waals surface area (Å²) in [5.74, 6) is 0.679. The summed E-state index contributed by atoms with van der Waals surface area (Å²) in [6, 6.07) is 51.6. The smallest absolute Gasteiger partial charge is 0.235 e. The summed E-state index contributed by atoms with van der Waals surface area (Å²) >= 11 is 1.76. The van der Waals surface area contributed by atoms with E-state index in [1.807, 2.05) is 0 Å². The fourth-order valence-corrected chi connectivity index (χ4v) is 8.19. The van der Waals surface area contributed by atoms with Gasteiger partial charge in [0.05, 0.1) is 38.0 Å². The Kier molecular flexibility index (Phi) is 5.12. The molecule has 0 unspecified atom stereocenters. The lowest BCUT2D eigenvalue weighted by molar-refractivity contribution is 1.02. The molecule has 0 bridgehead atoms. The first-order valence-corrected chi connectivity index (χ1v) is 15.9. The third-order valence-corrected chi connectivity index (χ3v) is 10.1. The van der Waals surface area contributed by atoms with Gasteiger partial charge in [-0.05, 0) is 36.4 Å². The van der Waals surface area contributed by atoms with E-state index in [0.717, 1.165) is 43.6 Å². The molecule has 0 amide bonds. The molecule has 0 radical (unpaired) electrons. The number of hydrogen-bond donors (Lipinski definition) is 0. The minimum Gasteiger partial charge on any atom is -0.309 e. The number of benzene rings is 6. The molecule has 45 heavy (non-hydrogen) atoms. The molecule has 0 saturated carbocycles. The normalized spacial score (nSPS) is 12.0. The summed E-state index contributed by atoms with van der Waals surface area (Å²) in [6.07, 6.45) is 0. The number of rotatable bonds is 3. The molecule has 10 rings (SSSR count). The van der Waals surface area contributed by atoms with Crippen LogP contribution in [0, 0.1) is 0 Å². The van der Waals surface area contributed by atoms with Gasteiger partial charge in [-0.25, -0.2) is 9.97 Å². The zero-order valence-corrected chi connectivity index (χ0v) is 24.9. The van der Waals surface area contributed by atoms with Crippen molar-refractivity contribution in [2.24, 2.45) is 0 Å². The average Bonchev–Trinajstić information content (AvgIpc) is 3.76. The van der Waals surface area contributed by atoms with Gasteiger partial charge in [0.2, 0.25) is 5.95 Å². The number of aromatic nitrogens is 4. The van der Waals surface area contributed by atoms with Crippen LogP contribution in [0.3, 0.4) is 0 Å². The standard InChI is InChI=1S/C40H24N4S/c1-3-13-25(14-4-1)36-39-37(30-19-9-12-22-34(30)45-39)42-40(41-36)44-32-21-11-8-18-29(32)35-33(44)24-23-28-27-17-7-10-20-31(27)43(38(28)35)26-15-5-2-6-16-26/h1-24H. The molecule has 0 saturated heterocycles. The van der Waals surface area contributed by atoms with Crippen molar-refractivity contribution >= 4 is 75.3 Å². The lowest BCUT2D eigenvalue weighted by atomic mass is 10.1. The molecule has 5 heteroatoms. The van der Waals surface area contributed by atoms with Crippen molar-refractivity contribution in [3.8, 4) is 22.9 Å². The monoisotopic (exact) mass is 592 g/mol.